The lowest BCUT2D eigenvalue weighted by Gasteiger charge is -2.15. The van der Waals surface area contributed by atoms with Gasteiger partial charge in [-0.05, 0) is 42.5 Å². The van der Waals surface area contributed by atoms with Crippen molar-refractivity contribution in [2.24, 2.45) is 5.73 Å². The number of rotatable bonds is 1. The van der Waals surface area contributed by atoms with Crippen LogP contribution < -0.4 is 5.73 Å². The average Bonchev–Trinajstić information content (AvgIpc) is 2.20. The van der Waals surface area contributed by atoms with E-state index in [2.05, 4.69) is 37.3 Å². The molecule has 0 radical (unpaired) electrons. The summed E-state index contributed by atoms with van der Waals surface area (Å²) in [7, 11) is 0. The Labute approximate surface area is 84.9 Å². The predicted octanol–water partition coefficient (Wildman–Crippen LogP) is 3.01. The van der Waals surface area contributed by atoms with Gasteiger partial charge in [-0.15, -0.1) is 0 Å². The van der Waals surface area contributed by atoms with E-state index in [1.54, 1.807) is 0 Å². The van der Waals surface area contributed by atoms with Crippen LogP contribution in [0, 0.1) is 6.92 Å². The van der Waals surface area contributed by atoms with Crippen molar-refractivity contribution < 1.29 is 0 Å². The van der Waals surface area contributed by atoms with Crippen LogP contribution in [0.3, 0.4) is 0 Å². The van der Waals surface area contributed by atoms with E-state index >= 15 is 0 Å². The molecule has 0 heterocycles. The quantitative estimate of drug-likeness (QED) is 0.715. The Morgan fingerprint density at radius 3 is 2.71 bits per heavy atom. The van der Waals surface area contributed by atoms with Crippen LogP contribution in [0.15, 0.2) is 42.1 Å². The van der Waals surface area contributed by atoms with Gasteiger partial charge in [-0.2, -0.15) is 0 Å². The van der Waals surface area contributed by atoms with Crippen LogP contribution in [0.1, 0.15) is 24.0 Å². The van der Waals surface area contributed by atoms with Crippen LogP contribution >= 0.6 is 0 Å². The van der Waals surface area contributed by atoms with Crippen molar-refractivity contribution in [3.63, 3.8) is 0 Å². The molecule has 0 spiro atoms. The Morgan fingerprint density at radius 2 is 2.00 bits per heavy atom. The molecule has 0 atom stereocenters. The summed E-state index contributed by atoms with van der Waals surface area (Å²) in [6.07, 6.45) is 6.32. The third kappa shape index (κ3) is 1.58. The highest BCUT2D eigenvalue weighted by atomic mass is 14.6. The molecule has 0 unspecified atom stereocenters. The fourth-order valence-electron chi connectivity index (χ4n) is 1.88. The fourth-order valence-corrected chi connectivity index (χ4v) is 1.88. The summed E-state index contributed by atoms with van der Waals surface area (Å²) in [6.45, 7) is 2.13. The van der Waals surface area contributed by atoms with Gasteiger partial charge in [0.2, 0.25) is 0 Å². The molecule has 1 nitrogen and oxygen atoms in total. The van der Waals surface area contributed by atoms with Crippen molar-refractivity contribution >= 4 is 5.57 Å². The molecule has 1 aromatic carbocycles. The molecule has 0 saturated carbocycles. The number of nitrogens with two attached hydrogens (primary N) is 1. The zero-order chi connectivity index (χ0) is 9.97. The topological polar surface area (TPSA) is 26.0 Å². The largest absolute Gasteiger partial charge is 0.398 e. The van der Waals surface area contributed by atoms with Gasteiger partial charge in [0.15, 0.2) is 0 Å². The molecule has 2 rings (SSSR count). The number of aryl methyl sites for hydroxylation is 1. The number of allylic oxidation sites excluding steroid dienone is 3. The number of benzene rings is 1. The van der Waals surface area contributed by atoms with Crippen molar-refractivity contribution in [2.45, 2.75) is 19.8 Å². The van der Waals surface area contributed by atoms with Crippen LogP contribution in [-0.2, 0) is 0 Å². The SMILES string of the molecule is Cc1ccccc1C1=C(N)C=CCC1. The van der Waals surface area contributed by atoms with Crippen molar-refractivity contribution in [1.29, 1.82) is 0 Å². The Balaban J connectivity index is 2.49. The zero-order valence-corrected chi connectivity index (χ0v) is 8.46. The smallest absolute Gasteiger partial charge is 0.0349 e. The monoisotopic (exact) mass is 185 g/mol. The van der Waals surface area contributed by atoms with E-state index in [-0.39, 0.29) is 0 Å². The highest BCUT2D eigenvalue weighted by Gasteiger charge is 2.09. The first-order chi connectivity index (χ1) is 6.79. The minimum Gasteiger partial charge on any atom is -0.398 e. The van der Waals surface area contributed by atoms with Crippen molar-refractivity contribution in [3.05, 3.63) is 53.2 Å². The molecule has 0 aromatic heterocycles. The summed E-state index contributed by atoms with van der Waals surface area (Å²) in [5, 5.41) is 0. The third-order valence-electron chi connectivity index (χ3n) is 2.68. The molecule has 1 heteroatoms. The number of hydrogen-bond acceptors (Lipinski definition) is 1. The van der Waals surface area contributed by atoms with Gasteiger partial charge < -0.3 is 5.73 Å². The van der Waals surface area contributed by atoms with Gasteiger partial charge in [-0.3, -0.25) is 0 Å². The maximum atomic E-state index is 5.97. The Morgan fingerprint density at radius 1 is 1.21 bits per heavy atom. The second-order valence-corrected chi connectivity index (χ2v) is 3.69. The zero-order valence-electron chi connectivity index (χ0n) is 8.46. The van der Waals surface area contributed by atoms with E-state index in [9.17, 15) is 0 Å². The summed E-state index contributed by atoms with van der Waals surface area (Å²) < 4.78 is 0. The molecule has 0 saturated heterocycles. The lowest BCUT2D eigenvalue weighted by molar-refractivity contribution is 1.03. The fraction of sp³-hybridized carbons (Fsp3) is 0.231. The molecule has 14 heavy (non-hydrogen) atoms. The third-order valence-corrected chi connectivity index (χ3v) is 2.68. The highest BCUT2D eigenvalue weighted by molar-refractivity contribution is 5.73. The standard InChI is InChI=1S/C13H15N/c1-10-6-2-3-7-11(10)12-8-4-5-9-13(12)14/h2-3,5-7,9H,4,8,14H2,1H3. The molecule has 1 aromatic rings. The van der Waals surface area contributed by atoms with Gasteiger partial charge in [0.05, 0.1) is 0 Å². The van der Waals surface area contributed by atoms with Gasteiger partial charge in [0, 0.05) is 5.70 Å². The first-order valence-electron chi connectivity index (χ1n) is 5.00. The molecule has 0 aliphatic heterocycles. The lowest BCUT2D eigenvalue weighted by Crippen LogP contribution is -2.03. The van der Waals surface area contributed by atoms with E-state index < -0.39 is 0 Å². The predicted molar refractivity (Wildman–Crippen MR) is 60.7 cm³/mol. The summed E-state index contributed by atoms with van der Waals surface area (Å²) >= 11 is 0. The summed E-state index contributed by atoms with van der Waals surface area (Å²) in [4.78, 5) is 0. The van der Waals surface area contributed by atoms with E-state index in [4.69, 9.17) is 5.73 Å². The minimum absolute atomic E-state index is 0.922. The van der Waals surface area contributed by atoms with Crippen LogP contribution in [0.4, 0.5) is 0 Å². The van der Waals surface area contributed by atoms with Crippen molar-refractivity contribution in [3.8, 4) is 0 Å². The van der Waals surface area contributed by atoms with Crippen molar-refractivity contribution in [1.82, 2.24) is 0 Å². The van der Waals surface area contributed by atoms with E-state index in [0.29, 0.717) is 0 Å². The van der Waals surface area contributed by atoms with Crippen LogP contribution in [0.25, 0.3) is 5.57 Å². The van der Waals surface area contributed by atoms with Crippen LogP contribution in [0.5, 0.6) is 0 Å². The second-order valence-electron chi connectivity index (χ2n) is 3.69. The molecule has 72 valence electrons. The van der Waals surface area contributed by atoms with E-state index in [1.807, 2.05) is 6.08 Å². The first-order valence-corrected chi connectivity index (χ1v) is 5.00. The molecule has 1 aliphatic rings. The Kier molecular flexibility index (Phi) is 2.40. The van der Waals surface area contributed by atoms with Gasteiger partial charge in [0.1, 0.15) is 0 Å². The minimum atomic E-state index is 0.922. The Bertz CT molecular complexity index is 399. The Hall–Kier alpha value is -1.50. The van der Waals surface area contributed by atoms with Crippen LogP contribution in [-0.4, -0.2) is 0 Å². The number of hydrogen-bond donors (Lipinski definition) is 1. The lowest BCUT2D eigenvalue weighted by atomic mass is 9.92. The molecule has 0 bridgehead atoms. The molecule has 0 amide bonds. The average molecular weight is 185 g/mol. The van der Waals surface area contributed by atoms with Gasteiger partial charge >= 0.3 is 0 Å². The summed E-state index contributed by atoms with van der Waals surface area (Å²) in [6, 6.07) is 8.42. The highest BCUT2D eigenvalue weighted by Crippen LogP contribution is 2.28. The molecule has 2 N–H and O–H groups in total. The normalized spacial score (nSPS) is 16.1. The second kappa shape index (κ2) is 3.70. The van der Waals surface area contributed by atoms with Crippen molar-refractivity contribution in [2.75, 3.05) is 0 Å². The van der Waals surface area contributed by atoms with Gasteiger partial charge in [-0.25, -0.2) is 0 Å². The molecule has 1 aliphatic carbocycles. The summed E-state index contributed by atoms with van der Waals surface area (Å²) in [5.74, 6) is 0. The molecular formula is C13H15N. The van der Waals surface area contributed by atoms with Gasteiger partial charge in [0.25, 0.3) is 0 Å². The first kappa shape index (κ1) is 9.07. The molecular weight excluding hydrogens is 170 g/mol. The van der Waals surface area contributed by atoms with Crippen LogP contribution in [0.2, 0.25) is 0 Å². The maximum absolute atomic E-state index is 5.97. The molecule has 0 fully saturated rings. The van der Waals surface area contributed by atoms with E-state index in [1.165, 1.54) is 16.7 Å². The van der Waals surface area contributed by atoms with E-state index in [0.717, 1.165) is 18.5 Å². The summed E-state index contributed by atoms with van der Waals surface area (Å²) in [5.41, 5.74) is 10.8. The van der Waals surface area contributed by atoms with Gasteiger partial charge in [-0.1, -0.05) is 30.3 Å². The maximum Gasteiger partial charge on any atom is 0.0349 e.